The molecule has 170 valence electrons. The fraction of sp³-hybridized carbons (Fsp3) is 0.429. The van der Waals surface area contributed by atoms with Crippen LogP contribution in [-0.4, -0.2) is 43.3 Å². The highest BCUT2D eigenvalue weighted by Gasteiger charge is 2.03. The molecule has 0 bridgehead atoms. The zero-order valence-electron chi connectivity index (χ0n) is 17.9. The number of carbonyl (C=O) groups is 3. The van der Waals surface area contributed by atoms with Crippen LogP contribution in [0, 0.1) is 11.3 Å². The molecule has 1 atom stereocenters. The average Bonchev–Trinajstić information content (AvgIpc) is 2.75. The second-order valence-corrected chi connectivity index (χ2v) is 4.78. The number of nitrogens with zero attached hydrogens (tertiary/aromatic N) is 1. The zero-order valence-corrected chi connectivity index (χ0v) is 18.7. The van der Waals surface area contributed by atoms with E-state index in [2.05, 4.69) is 40.5 Å². The van der Waals surface area contributed by atoms with E-state index in [-0.39, 0.29) is 11.8 Å². The first-order valence-corrected chi connectivity index (χ1v) is 9.38. The summed E-state index contributed by atoms with van der Waals surface area (Å²) in [5.41, 5.74) is 0. The molecule has 9 heteroatoms. The average molecular weight is 446 g/mol. The van der Waals surface area contributed by atoms with Gasteiger partial charge >= 0.3 is 17.9 Å². The van der Waals surface area contributed by atoms with E-state index in [0.29, 0.717) is 13.2 Å². The monoisotopic (exact) mass is 445 g/mol. The summed E-state index contributed by atoms with van der Waals surface area (Å²) in [5, 5.41) is 7.51. The van der Waals surface area contributed by atoms with Gasteiger partial charge in [0.25, 0.3) is 0 Å². The first-order valence-electron chi connectivity index (χ1n) is 8.84. The summed E-state index contributed by atoms with van der Waals surface area (Å²) in [5.74, 6) is -1.38. The van der Waals surface area contributed by atoms with Crippen molar-refractivity contribution >= 4 is 29.5 Å². The Bertz CT molecular complexity index is 542. The smallest absolute Gasteiger partial charge is 0.332 e. The Morgan fingerprint density at radius 2 is 1.63 bits per heavy atom. The van der Waals surface area contributed by atoms with Crippen LogP contribution >= 0.6 is 11.6 Å². The number of ether oxygens (including phenoxy) is 4. The molecule has 0 rings (SSSR count). The van der Waals surface area contributed by atoms with Gasteiger partial charge in [-0.15, -0.1) is 11.6 Å². The minimum absolute atomic E-state index is 0.119. The normalized spacial score (nSPS) is 8.90. The molecule has 0 aliphatic carbocycles. The van der Waals surface area contributed by atoms with Crippen LogP contribution < -0.4 is 0 Å². The van der Waals surface area contributed by atoms with Crippen LogP contribution in [0.5, 0.6) is 0 Å². The van der Waals surface area contributed by atoms with E-state index >= 15 is 0 Å². The number of hydrogen-bond acceptors (Lipinski definition) is 8. The number of unbranched alkanes of at least 4 members (excludes halogenated alkanes) is 1. The van der Waals surface area contributed by atoms with Crippen LogP contribution in [0.25, 0.3) is 0 Å². The van der Waals surface area contributed by atoms with Crippen molar-refractivity contribution in [2.45, 2.75) is 39.9 Å². The van der Waals surface area contributed by atoms with Gasteiger partial charge in [-0.3, -0.25) is 4.79 Å². The standard InChI is InChI=1S/C7H12O3.C7H12O2.C4H5ClO2.C3H3N/c1-4-7(8)10-6(3)9-5-2;1-3-5-6-9-7(8)4-2;1-2-7-4(6)3-5;1-2-3-4/h4,6H,1,5H2,2-3H3;4H,2-3,5-6H2,1H3;2H,1,3H2;2H,1H2. The maximum Gasteiger partial charge on any atom is 0.332 e. The van der Waals surface area contributed by atoms with Gasteiger partial charge in [-0.25, -0.2) is 9.59 Å². The van der Waals surface area contributed by atoms with Crippen LogP contribution in [-0.2, 0) is 33.3 Å². The van der Waals surface area contributed by atoms with Gasteiger partial charge in [0.15, 0.2) is 6.29 Å². The molecular weight excluding hydrogens is 414 g/mol. The number of hydrogen-bond donors (Lipinski definition) is 0. The van der Waals surface area contributed by atoms with E-state index in [1.807, 2.05) is 13.8 Å². The molecule has 0 N–H and O–H groups in total. The van der Waals surface area contributed by atoms with E-state index in [9.17, 15) is 14.4 Å². The number of rotatable bonds is 10. The fourth-order valence-electron chi connectivity index (χ4n) is 0.981. The van der Waals surface area contributed by atoms with Crippen molar-refractivity contribution in [2.75, 3.05) is 19.1 Å². The molecule has 8 nitrogen and oxygen atoms in total. The fourth-order valence-corrected chi connectivity index (χ4v) is 1.04. The van der Waals surface area contributed by atoms with Crippen molar-refractivity contribution in [2.24, 2.45) is 0 Å². The van der Waals surface area contributed by atoms with Crippen LogP contribution in [0.15, 0.2) is 50.8 Å². The van der Waals surface area contributed by atoms with E-state index in [1.54, 1.807) is 13.0 Å². The summed E-state index contributed by atoms with van der Waals surface area (Å²) in [4.78, 5) is 30.8. The maximum atomic E-state index is 10.5. The van der Waals surface area contributed by atoms with E-state index in [1.165, 1.54) is 12.2 Å². The molecule has 0 aliphatic heterocycles. The molecule has 0 saturated heterocycles. The molecule has 0 heterocycles. The van der Waals surface area contributed by atoms with Gasteiger partial charge in [0.05, 0.1) is 18.9 Å². The lowest BCUT2D eigenvalue weighted by Crippen LogP contribution is -2.16. The molecule has 0 radical (unpaired) electrons. The van der Waals surface area contributed by atoms with Gasteiger partial charge in [0.1, 0.15) is 5.88 Å². The van der Waals surface area contributed by atoms with Crippen molar-refractivity contribution in [1.82, 2.24) is 0 Å². The Labute approximate surface area is 184 Å². The number of carbonyl (C=O) groups excluding carboxylic acids is 3. The van der Waals surface area contributed by atoms with Gasteiger partial charge < -0.3 is 18.9 Å². The number of halogens is 1. The third-order valence-corrected chi connectivity index (χ3v) is 2.39. The third-order valence-electron chi connectivity index (χ3n) is 2.17. The van der Waals surface area contributed by atoms with E-state index < -0.39 is 18.2 Å². The molecule has 30 heavy (non-hydrogen) atoms. The third kappa shape index (κ3) is 40.0. The van der Waals surface area contributed by atoms with Gasteiger partial charge in [0.2, 0.25) is 0 Å². The molecule has 0 aliphatic rings. The van der Waals surface area contributed by atoms with Crippen LogP contribution in [0.3, 0.4) is 0 Å². The summed E-state index contributed by atoms with van der Waals surface area (Å²) in [6.07, 6.45) is 6.01. The predicted octanol–water partition coefficient (Wildman–Crippen LogP) is 4.22. The lowest BCUT2D eigenvalue weighted by Gasteiger charge is -2.10. The topological polar surface area (TPSA) is 112 Å². The molecule has 0 aromatic carbocycles. The quantitative estimate of drug-likeness (QED) is 0.0717. The van der Waals surface area contributed by atoms with Crippen LogP contribution in [0.2, 0.25) is 0 Å². The Morgan fingerprint density at radius 1 is 1.10 bits per heavy atom. The minimum atomic E-state index is -0.476. The minimum Gasteiger partial charge on any atom is -0.463 e. The number of alkyl halides is 1. The molecule has 0 amide bonds. The summed E-state index contributed by atoms with van der Waals surface area (Å²) < 4.78 is 18.4. The van der Waals surface area contributed by atoms with Crippen molar-refractivity contribution in [1.29, 1.82) is 5.26 Å². The second-order valence-electron chi connectivity index (χ2n) is 4.51. The van der Waals surface area contributed by atoms with Crippen molar-refractivity contribution in [3.63, 3.8) is 0 Å². The largest absolute Gasteiger partial charge is 0.463 e. The zero-order chi connectivity index (χ0) is 24.2. The molecule has 1 unspecified atom stereocenters. The Hall–Kier alpha value is -2.89. The highest BCUT2D eigenvalue weighted by atomic mass is 35.5. The molecular formula is C21H32ClNO7. The Balaban J connectivity index is -0.000000157. The molecule has 0 saturated carbocycles. The summed E-state index contributed by atoms with van der Waals surface area (Å²) in [6.45, 7) is 19.4. The SMILES string of the molecule is C=CC#N.C=CC(=O)OC(C)OCC.C=CC(=O)OCCCC.C=COC(=O)CCl. The summed E-state index contributed by atoms with van der Waals surface area (Å²) >= 11 is 5.01. The van der Waals surface area contributed by atoms with Crippen molar-refractivity contribution in [3.8, 4) is 6.07 Å². The van der Waals surface area contributed by atoms with Crippen molar-refractivity contribution in [3.05, 3.63) is 50.8 Å². The summed E-state index contributed by atoms with van der Waals surface area (Å²) in [7, 11) is 0. The first-order chi connectivity index (χ1) is 14.2. The second kappa shape index (κ2) is 30.8. The lowest BCUT2D eigenvalue weighted by molar-refractivity contribution is -0.167. The number of esters is 3. The van der Waals surface area contributed by atoms with Crippen LogP contribution in [0.4, 0.5) is 0 Å². The van der Waals surface area contributed by atoms with Gasteiger partial charge in [-0.1, -0.05) is 39.7 Å². The Kier molecular flexibility index (Phi) is 35.6. The Morgan fingerprint density at radius 3 is 1.93 bits per heavy atom. The van der Waals surface area contributed by atoms with E-state index in [0.717, 1.165) is 25.2 Å². The van der Waals surface area contributed by atoms with Gasteiger partial charge in [-0.2, -0.15) is 5.26 Å². The number of nitriles is 1. The highest BCUT2D eigenvalue weighted by molar-refractivity contribution is 6.26. The molecule has 0 fully saturated rings. The lowest BCUT2D eigenvalue weighted by atomic mass is 10.4. The number of allylic oxidation sites excluding steroid dienone is 1. The predicted molar refractivity (Wildman–Crippen MR) is 116 cm³/mol. The molecule has 0 spiro atoms. The first kappa shape index (κ1) is 34.6. The van der Waals surface area contributed by atoms with Gasteiger partial charge in [-0.05, 0) is 20.3 Å². The highest BCUT2D eigenvalue weighted by Crippen LogP contribution is 1.93. The van der Waals surface area contributed by atoms with Gasteiger partial charge in [0, 0.05) is 24.8 Å². The maximum absolute atomic E-state index is 10.5. The van der Waals surface area contributed by atoms with Crippen molar-refractivity contribution < 1.29 is 33.3 Å². The van der Waals surface area contributed by atoms with E-state index in [4.69, 9.17) is 21.6 Å². The summed E-state index contributed by atoms with van der Waals surface area (Å²) in [6, 6.07) is 1.69. The molecule has 0 aromatic heterocycles. The molecule has 0 aromatic rings. The van der Waals surface area contributed by atoms with Crippen LogP contribution in [0.1, 0.15) is 33.6 Å².